The van der Waals surface area contributed by atoms with Gasteiger partial charge in [0.05, 0.1) is 12.2 Å². The third-order valence-electron chi connectivity index (χ3n) is 3.87. The number of carbonyl (C=O) groups is 3. The molecule has 1 fully saturated rings. The van der Waals surface area contributed by atoms with Crippen molar-refractivity contribution in [2.75, 3.05) is 26.3 Å². The molecule has 2 rings (SSSR count). The second-order valence-electron chi connectivity index (χ2n) is 5.73. The zero-order chi connectivity index (χ0) is 19.1. The minimum atomic E-state index is -0.938. The quantitative estimate of drug-likeness (QED) is 0.785. The highest BCUT2D eigenvalue weighted by Crippen LogP contribution is 2.15. The zero-order valence-electron chi connectivity index (χ0n) is 14.3. The van der Waals surface area contributed by atoms with E-state index in [1.54, 1.807) is 11.8 Å². The van der Waals surface area contributed by atoms with E-state index in [1.165, 1.54) is 12.1 Å². The zero-order valence-corrected chi connectivity index (χ0v) is 15.1. The Morgan fingerprint density at radius 1 is 1.27 bits per heavy atom. The average molecular weight is 387 g/mol. The van der Waals surface area contributed by atoms with Crippen molar-refractivity contribution in [1.29, 1.82) is 0 Å². The molecule has 1 saturated heterocycles. The summed E-state index contributed by atoms with van der Waals surface area (Å²) in [6, 6.07) is 3.43. The number of benzene rings is 1. The normalized spacial score (nSPS) is 14.7. The van der Waals surface area contributed by atoms with Crippen LogP contribution in [0.15, 0.2) is 18.2 Å². The first-order valence-electron chi connectivity index (χ1n) is 8.24. The van der Waals surface area contributed by atoms with Crippen molar-refractivity contribution in [2.45, 2.75) is 25.8 Å². The Hall–Kier alpha value is -2.35. The Morgan fingerprint density at radius 3 is 2.58 bits per heavy atom. The van der Waals surface area contributed by atoms with Gasteiger partial charge in [0.2, 0.25) is 0 Å². The minimum Gasteiger partial charge on any atom is -0.452 e. The average Bonchev–Trinajstić information content (AvgIpc) is 2.60. The van der Waals surface area contributed by atoms with E-state index in [1.807, 2.05) is 0 Å². The van der Waals surface area contributed by atoms with Gasteiger partial charge in [-0.3, -0.25) is 4.79 Å². The number of esters is 1. The van der Waals surface area contributed by atoms with E-state index in [9.17, 15) is 18.8 Å². The topological polar surface area (TPSA) is 84.9 Å². The summed E-state index contributed by atoms with van der Waals surface area (Å²) in [4.78, 5) is 36.9. The number of nitrogens with one attached hydrogen (secondary N) is 1. The Labute approximate surface area is 155 Å². The molecule has 2 amide bonds. The Balaban J connectivity index is 1.74. The van der Waals surface area contributed by atoms with E-state index in [4.69, 9.17) is 21.1 Å². The lowest BCUT2D eigenvalue weighted by atomic mass is 10.1. The number of ether oxygens (including phenoxy) is 2. The van der Waals surface area contributed by atoms with Gasteiger partial charge in [-0.1, -0.05) is 11.6 Å². The highest BCUT2D eigenvalue weighted by molar-refractivity contribution is 6.30. The molecule has 1 heterocycles. The summed E-state index contributed by atoms with van der Waals surface area (Å²) < 4.78 is 23.4. The molecule has 9 heteroatoms. The molecule has 0 radical (unpaired) electrons. The Bertz CT molecular complexity index is 677. The molecule has 0 aromatic heterocycles. The first-order valence-corrected chi connectivity index (χ1v) is 8.61. The summed E-state index contributed by atoms with van der Waals surface area (Å²) in [5.41, 5.74) is -0.287. The van der Waals surface area contributed by atoms with Gasteiger partial charge in [0.15, 0.2) is 6.61 Å². The standard InChI is InChI=1S/C17H20ClFN2O5/c1-2-25-17(24)21-7-5-12(6-8-21)20-15(22)10-26-16(23)13-4-3-11(18)9-14(13)19/h3-4,9,12H,2,5-8,10H2,1H3,(H,20,22). The number of carbonyl (C=O) groups excluding carboxylic acids is 3. The van der Waals surface area contributed by atoms with Crippen LogP contribution in [0.4, 0.5) is 9.18 Å². The monoisotopic (exact) mass is 386 g/mol. The van der Waals surface area contributed by atoms with E-state index in [0.29, 0.717) is 32.5 Å². The van der Waals surface area contributed by atoms with Gasteiger partial charge in [-0.15, -0.1) is 0 Å². The van der Waals surface area contributed by atoms with Crippen LogP contribution in [0.25, 0.3) is 0 Å². The summed E-state index contributed by atoms with van der Waals surface area (Å²) in [7, 11) is 0. The molecule has 0 spiro atoms. The molecular weight excluding hydrogens is 367 g/mol. The van der Waals surface area contributed by atoms with Crippen LogP contribution >= 0.6 is 11.6 Å². The fourth-order valence-corrected chi connectivity index (χ4v) is 2.71. The number of piperidine rings is 1. The van der Waals surface area contributed by atoms with E-state index < -0.39 is 24.3 Å². The lowest BCUT2D eigenvalue weighted by Crippen LogP contribution is -2.47. The maximum Gasteiger partial charge on any atom is 0.409 e. The first-order chi connectivity index (χ1) is 12.4. The summed E-state index contributed by atoms with van der Waals surface area (Å²) >= 11 is 5.62. The number of halogens is 2. The molecule has 1 N–H and O–H groups in total. The molecule has 0 aliphatic carbocycles. The largest absolute Gasteiger partial charge is 0.452 e. The summed E-state index contributed by atoms with van der Waals surface area (Å²) in [5.74, 6) is -2.23. The summed E-state index contributed by atoms with van der Waals surface area (Å²) in [5, 5.41) is 2.89. The molecule has 1 aliphatic heterocycles. The molecule has 0 atom stereocenters. The molecule has 142 valence electrons. The maximum atomic E-state index is 13.6. The van der Waals surface area contributed by atoms with Gasteiger partial charge in [-0.25, -0.2) is 14.0 Å². The van der Waals surface area contributed by atoms with E-state index in [0.717, 1.165) is 6.07 Å². The van der Waals surface area contributed by atoms with Gasteiger partial charge in [0.1, 0.15) is 5.82 Å². The smallest absolute Gasteiger partial charge is 0.409 e. The van der Waals surface area contributed by atoms with Crippen LogP contribution in [-0.2, 0) is 14.3 Å². The van der Waals surface area contributed by atoms with E-state index >= 15 is 0 Å². The lowest BCUT2D eigenvalue weighted by molar-refractivity contribution is -0.125. The second kappa shape index (κ2) is 9.38. The van der Waals surface area contributed by atoms with Crippen molar-refractivity contribution in [3.05, 3.63) is 34.6 Å². The molecule has 7 nitrogen and oxygen atoms in total. The SMILES string of the molecule is CCOC(=O)N1CCC(NC(=O)COC(=O)c2ccc(Cl)cc2F)CC1. The number of amides is 2. The minimum absolute atomic E-state index is 0.126. The molecule has 26 heavy (non-hydrogen) atoms. The van der Waals surface area contributed by atoms with Crippen molar-refractivity contribution in [2.24, 2.45) is 0 Å². The van der Waals surface area contributed by atoms with Crippen molar-refractivity contribution in [1.82, 2.24) is 10.2 Å². The first kappa shape index (κ1) is 20.0. The van der Waals surface area contributed by atoms with Crippen molar-refractivity contribution in [3.63, 3.8) is 0 Å². The number of likely N-dealkylation sites (tertiary alicyclic amines) is 1. The number of rotatable bonds is 5. The van der Waals surface area contributed by atoms with Gasteiger partial charge in [0, 0.05) is 24.2 Å². The van der Waals surface area contributed by atoms with E-state index in [-0.39, 0.29) is 22.7 Å². The van der Waals surface area contributed by atoms with Gasteiger partial charge < -0.3 is 19.7 Å². The van der Waals surface area contributed by atoms with Crippen LogP contribution in [0.2, 0.25) is 5.02 Å². The van der Waals surface area contributed by atoms with Crippen LogP contribution < -0.4 is 5.32 Å². The van der Waals surface area contributed by atoms with E-state index in [2.05, 4.69) is 5.32 Å². The predicted octanol–water partition coefficient (Wildman–Crippen LogP) is 2.37. The highest BCUT2D eigenvalue weighted by Gasteiger charge is 2.25. The molecule has 1 aliphatic rings. The number of hydrogen-bond acceptors (Lipinski definition) is 5. The maximum absolute atomic E-state index is 13.6. The third kappa shape index (κ3) is 5.59. The summed E-state index contributed by atoms with van der Waals surface area (Å²) in [6.45, 7) is 2.48. The Morgan fingerprint density at radius 2 is 1.96 bits per heavy atom. The second-order valence-corrected chi connectivity index (χ2v) is 6.16. The molecular formula is C17H20ClFN2O5. The summed E-state index contributed by atoms with van der Waals surface area (Å²) in [6.07, 6.45) is 0.783. The van der Waals surface area contributed by atoms with Gasteiger partial charge >= 0.3 is 12.1 Å². The number of nitrogens with zero attached hydrogens (tertiary/aromatic N) is 1. The molecule has 0 bridgehead atoms. The molecule has 0 unspecified atom stereocenters. The van der Waals surface area contributed by atoms with Crippen LogP contribution in [0.3, 0.4) is 0 Å². The van der Waals surface area contributed by atoms with Crippen molar-refractivity contribution >= 4 is 29.6 Å². The van der Waals surface area contributed by atoms with Gasteiger partial charge in [-0.05, 0) is 38.0 Å². The van der Waals surface area contributed by atoms with Crippen molar-refractivity contribution < 1.29 is 28.2 Å². The van der Waals surface area contributed by atoms with Crippen LogP contribution in [0.1, 0.15) is 30.1 Å². The third-order valence-corrected chi connectivity index (χ3v) is 4.11. The van der Waals surface area contributed by atoms with Gasteiger partial charge in [0.25, 0.3) is 5.91 Å². The van der Waals surface area contributed by atoms with Crippen LogP contribution in [-0.4, -0.2) is 55.2 Å². The number of hydrogen-bond donors (Lipinski definition) is 1. The fourth-order valence-electron chi connectivity index (χ4n) is 2.55. The predicted molar refractivity (Wildman–Crippen MR) is 91.5 cm³/mol. The van der Waals surface area contributed by atoms with Crippen molar-refractivity contribution in [3.8, 4) is 0 Å². The molecule has 1 aromatic carbocycles. The van der Waals surface area contributed by atoms with Crippen LogP contribution in [0, 0.1) is 5.82 Å². The van der Waals surface area contributed by atoms with Crippen LogP contribution in [0.5, 0.6) is 0 Å². The molecule has 1 aromatic rings. The molecule has 0 saturated carbocycles. The Kier molecular flexibility index (Phi) is 7.20. The van der Waals surface area contributed by atoms with Gasteiger partial charge in [-0.2, -0.15) is 0 Å². The lowest BCUT2D eigenvalue weighted by Gasteiger charge is -2.31. The fraction of sp³-hybridized carbons (Fsp3) is 0.471. The highest BCUT2D eigenvalue weighted by atomic mass is 35.5.